The molecule has 0 radical (unpaired) electrons. The van der Waals surface area contributed by atoms with E-state index in [0.29, 0.717) is 52.5 Å². The number of fused-ring (bicyclic) bond motifs is 9. The minimum Gasteiger partial charge on any atom is -0.504 e. The first-order valence-corrected chi connectivity index (χ1v) is 15.9. The number of hydrogen-bond acceptors (Lipinski definition) is 10. The summed E-state index contributed by atoms with van der Waals surface area (Å²) in [4.78, 5) is 28.9. The third-order valence-corrected chi connectivity index (χ3v) is 10.1. The van der Waals surface area contributed by atoms with Gasteiger partial charge >= 0.3 is 12.1 Å². The number of hydrogen-bond donors (Lipinski definition) is 3. The Morgan fingerprint density at radius 3 is 2.57 bits per heavy atom. The summed E-state index contributed by atoms with van der Waals surface area (Å²) in [7, 11) is 3.41. The summed E-state index contributed by atoms with van der Waals surface area (Å²) in [5.41, 5.74) is 4.39. The van der Waals surface area contributed by atoms with E-state index in [9.17, 15) is 33.1 Å². The van der Waals surface area contributed by atoms with Gasteiger partial charge in [-0.2, -0.15) is 18.4 Å². The van der Waals surface area contributed by atoms with Crippen molar-refractivity contribution in [1.29, 1.82) is 5.26 Å². The average molecular weight is 686 g/mol. The molecule has 262 valence electrons. The number of nitrogens with one attached hydrogen (secondary N) is 2. The monoisotopic (exact) mass is 685 g/mol. The molecular weight excluding hydrogens is 647 g/mol. The van der Waals surface area contributed by atoms with E-state index >= 15 is 0 Å². The molecule has 6 rings (SSSR count). The molecule has 2 bridgehead atoms. The molecule has 0 spiro atoms. The minimum atomic E-state index is -5.16. The zero-order valence-corrected chi connectivity index (χ0v) is 27.7. The molecule has 2 unspecified atom stereocenters. The summed E-state index contributed by atoms with van der Waals surface area (Å²) in [5.74, 6) is -1.32. The Balaban J connectivity index is 1.51. The molecule has 0 saturated carbocycles. The number of alkyl halides is 3. The molecule has 1 fully saturated rings. The summed E-state index contributed by atoms with van der Waals surface area (Å²) >= 11 is 0. The Bertz CT molecular complexity index is 1760. The van der Waals surface area contributed by atoms with Crippen LogP contribution in [0.15, 0.2) is 18.7 Å². The number of piperazine rings is 1. The molecule has 6 atom stereocenters. The van der Waals surface area contributed by atoms with Crippen LogP contribution in [-0.2, 0) is 22.4 Å². The zero-order valence-electron chi connectivity index (χ0n) is 27.7. The van der Waals surface area contributed by atoms with E-state index in [0.717, 1.165) is 23.6 Å². The van der Waals surface area contributed by atoms with Crippen molar-refractivity contribution in [2.45, 2.75) is 76.0 Å². The predicted octanol–water partition coefficient (Wildman–Crippen LogP) is 3.27. The van der Waals surface area contributed by atoms with Crippen LogP contribution in [0.4, 0.5) is 13.2 Å². The van der Waals surface area contributed by atoms with Gasteiger partial charge in [0.2, 0.25) is 12.7 Å². The Kier molecular flexibility index (Phi) is 8.83. The normalized spacial score (nSPS) is 24.4. The highest BCUT2D eigenvalue weighted by atomic mass is 19.4. The van der Waals surface area contributed by atoms with Gasteiger partial charge in [-0.15, -0.1) is 0 Å². The third kappa shape index (κ3) is 5.47. The quantitative estimate of drug-likeness (QED) is 0.354. The fourth-order valence-electron chi connectivity index (χ4n) is 8.06. The molecule has 2 aromatic rings. The number of phenols is 1. The van der Waals surface area contributed by atoms with Crippen molar-refractivity contribution >= 4 is 11.8 Å². The first-order valence-electron chi connectivity index (χ1n) is 15.9. The van der Waals surface area contributed by atoms with Crippen molar-refractivity contribution in [3.05, 3.63) is 52.1 Å². The van der Waals surface area contributed by atoms with Crippen LogP contribution < -0.4 is 29.6 Å². The van der Waals surface area contributed by atoms with E-state index in [-0.39, 0.29) is 31.7 Å². The van der Waals surface area contributed by atoms with Crippen molar-refractivity contribution < 1.29 is 46.8 Å². The Labute approximate surface area is 281 Å². The standard InChI is InChI=1S/C34H38F3N5O7/c1-7-8-47-29-16(3)30-31(49-14-48-30)25-19(29)11-21-26-24-18(9-15(2)28(46-6)27(24)43)10-20(41(26)5)22(12-38)42(21)23(25)13-39-32(44)17(4)40-33(45)34(35,36)37/h7,9,17,20-23,26,43H,1,8,10-11,13-14H2,2-6H3,(H,39,44)(H,40,45)/t17-,20?,21?,22-,23-,26-/m0/s1. The number of methoxy groups -OCH3 is 1. The highest BCUT2D eigenvalue weighted by Gasteiger charge is 2.57. The van der Waals surface area contributed by atoms with E-state index in [2.05, 4.69) is 22.9 Å². The number of carbonyl (C=O) groups is 2. The van der Waals surface area contributed by atoms with Crippen LogP contribution in [0.2, 0.25) is 0 Å². The number of likely N-dealkylation sites (N-methyl/N-ethyl adjacent to an activating group) is 1. The number of carbonyl (C=O) groups excluding carboxylic acids is 2. The van der Waals surface area contributed by atoms with Crippen molar-refractivity contribution in [2.24, 2.45) is 0 Å². The first-order chi connectivity index (χ1) is 23.2. The number of aromatic hydroxyl groups is 1. The molecule has 2 aromatic carbocycles. The van der Waals surface area contributed by atoms with Gasteiger partial charge in [0.25, 0.3) is 0 Å². The van der Waals surface area contributed by atoms with E-state index in [1.807, 2.05) is 31.9 Å². The summed E-state index contributed by atoms with van der Waals surface area (Å²) in [5, 5.41) is 26.9. The van der Waals surface area contributed by atoms with Gasteiger partial charge in [0, 0.05) is 40.9 Å². The molecule has 4 aliphatic heterocycles. The highest BCUT2D eigenvalue weighted by molar-refractivity contribution is 5.89. The largest absolute Gasteiger partial charge is 0.504 e. The fourth-order valence-corrected chi connectivity index (χ4v) is 8.06. The summed E-state index contributed by atoms with van der Waals surface area (Å²) in [6.07, 6.45) is -2.78. The SMILES string of the molecule is C=CCOc1c(C)c2c(c3c1CC1[C@H]4c5c(cc(C)c(OC)c5O)CC([C@H](C#N)N1[C@H]3CNC(=O)[C@H](C)NC(=O)C(F)(F)F)N4C)OCO2. The van der Waals surface area contributed by atoms with E-state index < -0.39 is 48.2 Å². The highest BCUT2D eigenvalue weighted by Crippen LogP contribution is 2.58. The van der Waals surface area contributed by atoms with Crippen LogP contribution in [0.3, 0.4) is 0 Å². The van der Waals surface area contributed by atoms with Crippen LogP contribution in [0.1, 0.15) is 52.4 Å². The summed E-state index contributed by atoms with van der Waals surface area (Å²) in [6, 6.07) is 0.246. The van der Waals surface area contributed by atoms with Crippen molar-refractivity contribution in [3.8, 4) is 34.8 Å². The molecule has 12 nitrogen and oxygen atoms in total. The predicted molar refractivity (Wildman–Crippen MR) is 169 cm³/mol. The number of rotatable bonds is 8. The average Bonchev–Trinajstić information content (AvgIpc) is 3.54. The molecule has 0 aromatic heterocycles. The van der Waals surface area contributed by atoms with Gasteiger partial charge in [0.05, 0.1) is 25.3 Å². The molecule has 2 amide bonds. The van der Waals surface area contributed by atoms with Gasteiger partial charge in [0.1, 0.15) is 24.4 Å². The maximum absolute atomic E-state index is 13.2. The second-order valence-corrected chi connectivity index (χ2v) is 12.8. The zero-order chi connectivity index (χ0) is 35.5. The molecule has 49 heavy (non-hydrogen) atoms. The number of benzene rings is 2. The smallest absolute Gasteiger partial charge is 0.471 e. The van der Waals surface area contributed by atoms with E-state index in [1.165, 1.54) is 7.11 Å². The number of nitrogens with zero attached hydrogens (tertiary/aromatic N) is 3. The van der Waals surface area contributed by atoms with Crippen LogP contribution >= 0.6 is 0 Å². The second-order valence-electron chi connectivity index (χ2n) is 12.8. The maximum atomic E-state index is 13.2. The molecule has 3 N–H and O–H groups in total. The van der Waals surface area contributed by atoms with Gasteiger partial charge in [-0.25, -0.2) is 0 Å². The summed E-state index contributed by atoms with van der Waals surface area (Å²) in [6.45, 7) is 8.57. The lowest BCUT2D eigenvalue weighted by Crippen LogP contribution is -2.69. The summed E-state index contributed by atoms with van der Waals surface area (Å²) < 4.78 is 62.6. The van der Waals surface area contributed by atoms with Gasteiger partial charge < -0.3 is 34.7 Å². The number of nitriles is 1. The van der Waals surface area contributed by atoms with Gasteiger partial charge in [-0.3, -0.25) is 19.4 Å². The lowest BCUT2D eigenvalue weighted by Gasteiger charge is -2.60. The Morgan fingerprint density at radius 1 is 1.20 bits per heavy atom. The lowest BCUT2D eigenvalue weighted by molar-refractivity contribution is -0.174. The Hall–Kier alpha value is -4.68. The van der Waals surface area contributed by atoms with Gasteiger partial charge in [-0.1, -0.05) is 18.7 Å². The van der Waals surface area contributed by atoms with Crippen molar-refractivity contribution in [2.75, 3.05) is 34.1 Å². The van der Waals surface area contributed by atoms with Crippen molar-refractivity contribution in [3.63, 3.8) is 0 Å². The molecule has 4 heterocycles. The lowest BCUT2D eigenvalue weighted by atomic mass is 9.71. The topological polar surface area (TPSA) is 146 Å². The number of phenolic OH excluding ortho intramolecular Hbond substituents is 1. The van der Waals surface area contributed by atoms with Gasteiger partial charge in [0.15, 0.2) is 23.0 Å². The van der Waals surface area contributed by atoms with Crippen LogP contribution in [0.5, 0.6) is 28.7 Å². The molecule has 4 aliphatic rings. The number of halogens is 3. The van der Waals surface area contributed by atoms with Gasteiger partial charge in [-0.05, 0) is 51.8 Å². The second kappa shape index (κ2) is 12.6. The molecule has 1 saturated heterocycles. The van der Waals surface area contributed by atoms with Crippen LogP contribution in [-0.4, -0.2) is 91.2 Å². The van der Waals surface area contributed by atoms with E-state index in [4.69, 9.17) is 18.9 Å². The van der Waals surface area contributed by atoms with Crippen LogP contribution in [0.25, 0.3) is 0 Å². The minimum absolute atomic E-state index is 0.0121. The number of aryl methyl sites for hydroxylation is 1. The molecular formula is C34H38F3N5O7. The Morgan fingerprint density at radius 2 is 1.92 bits per heavy atom. The molecule has 0 aliphatic carbocycles. The number of amides is 2. The van der Waals surface area contributed by atoms with E-state index in [1.54, 1.807) is 11.4 Å². The van der Waals surface area contributed by atoms with Crippen molar-refractivity contribution in [1.82, 2.24) is 20.4 Å². The number of ether oxygens (including phenoxy) is 4. The van der Waals surface area contributed by atoms with Crippen LogP contribution in [0, 0.1) is 25.2 Å². The maximum Gasteiger partial charge on any atom is 0.471 e. The third-order valence-electron chi connectivity index (χ3n) is 10.1. The first kappa shape index (κ1) is 34.2. The fraction of sp³-hybridized carbons (Fsp3) is 0.500. The molecule has 15 heteroatoms.